The Labute approximate surface area is 194 Å². The van der Waals surface area contributed by atoms with E-state index in [-0.39, 0.29) is 37.4 Å². The van der Waals surface area contributed by atoms with Crippen LogP contribution in [0.15, 0.2) is 35.6 Å². The number of rotatable bonds is 11. The van der Waals surface area contributed by atoms with Crippen molar-refractivity contribution >= 4 is 35.2 Å². The second kappa shape index (κ2) is 12.1. The SMILES string of the molecule is CCOC(=O)Cn1cccc(NC(=O)C(CCC(=O)C(=O)NC)NC(=O)c2cncn2C)c1=O. The first-order valence-electron chi connectivity index (χ1n) is 10.4. The smallest absolute Gasteiger partial charge is 0.326 e. The summed E-state index contributed by atoms with van der Waals surface area (Å²) in [7, 11) is 2.88. The quantitative estimate of drug-likeness (QED) is 0.274. The first kappa shape index (κ1) is 26.0. The maximum absolute atomic E-state index is 12.9. The highest BCUT2D eigenvalue weighted by molar-refractivity contribution is 6.36. The summed E-state index contributed by atoms with van der Waals surface area (Å²) in [5.41, 5.74) is -0.650. The molecule has 1 atom stereocenters. The molecule has 3 amide bonds. The summed E-state index contributed by atoms with van der Waals surface area (Å²) in [6.45, 7) is 1.43. The predicted molar refractivity (Wildman–Crippen MR) is 119 cm³/mol. The number of ether oxygens (including phenoxy) is 1. The van der Waals surface area contributed by atoms with E-state index in [1.54, 1.807) is 14.0 Å². The number of pyridine rings is 1. The second-order valence-corrected chi connectivity index (χ2v) is 7.11. The maximum atomic E-state index is 12.9. The number of imidazole rings is 1. The van der Waals surface area contributed by atoms with E-state index in [1.165, 1.54) is 42.5 Å². The first-order valence-corrected chi connectivity index (χ1v) is 10.4. The van der Waals surface area contributed by atoms with Crippen LogP contribution in [0, 0.1) is 0 Å². The molecule has 13 nitrogen and oxygen atoms in total. The molecule has 2 aromatic heterocycles. The van der Waals surface area contributed by atoms with Gasteiger partial charge in [-0.05, 0) is 25.5 Å². The summed E-state index contributed by atoms with van der Waals surface area (Å²) in [6, 6.07) is 1.53. The maximum Gasteiger partial charge on any atom is 0.326 e. The molecule has 182 valence electrons. The van der Waals surface area contributed by atoms with E-state index in [9.17, 15) is 28.8 Å². The van der Waals surface area contributed by atoms with Gasteiger partial charge in [0.15, 0.2) is 0 Å². The van der Waals surface area contributed by atoms with E-state index in [0.29, 0.717) is 0 Å². The Morgan fingerprint density at radius 3 is 2.56 bits per heavy atom. The number of nitrogens with one attached hydrogen (secondary N) is 3. The van der Waals surface area contributed by atoms with E-state index < -0.39 is 41.1 Å². The van der Waals surface area contributed by atoms with Crippen LogP contribution in [0.5, 0.6) is 0 Å². The zero-order chi connectivity index (χ0) is 25.3. The Morgan fingerprint density at radius 2 is 1.94 bits per heavy atom. The minimum absolute atomic E-state index is 0.144. The largest absolute Gasteiger partial charge is 0.465 e. The molecule has 0 saturated carbocycles. The average molecular weight is 474 g/mol. The number of aryl methyl sites for hydroxylation is 1. The molecule has 13 heteroatoms. The molecule has 3 N–H and O–H groups in total. The number of likely N-dealkylation sites (N-methyl/N-ethyl adjacent to an activating group) is 1. The Balaban J connectivity index is 2.21. The highest BCUT2D eigenvalue weighted by atomic mass is 16.5. The number of amides is 3. The van der Waals surface area contributed by atoms with Gasteiger partial charge in [-0.15, -0.1) is 0 Å². The molecule has 0 aliphatic heterocycles. The first-order chi connectivity index (χ1) is 16.2. The van der Waals surface area contributed by atoms with Crippen molar-refractivity contribution in [1.82, 2.24) is 24.8 Å². The monoisotopic (exact) mass is 474 g/mol. The molecule has 0 radical (unpaired) electrons. The highest BCUT2D eigenvalue weighted by Crippen LogP contribution is 2.07. The van der Waals surface area contributed by atoms with Crippen molar-refractivity contribution in [2.24, 2.45) is 7.05 Å². The van der Waals surface area contributed by atoms with E-state index in [1.807, 2.05) is 0 Å². The summed E-state index contributed by atoms with van der Waals surface area (Å²) in [5.74, 6) is -3.65. The van der Waals surface area contributed by atoms with Gasteiger partial charge in [0, 0.05) is 26.7 Å². The van der Waals surface area contributed by atoms with Gasteiger partial charge in [-0.1, -0.05) is 0 Å². The van der Waals surface area contributed by atoms with Crippen molar-refractivity contribution in [1.29, 1.82) is 0 Å². The van der Waals surface area contributed by atoms with Crippen molar-refractivity contribution in [2.75, 3.05) is 19.0 Å². The molecule has 0 aromatic carbocycles. The van der Waals surface area contributed by atoms with E-state index in [0.717, 1.165) is 4.57 Å². The van der Waals surface area contributed by atoms with Crippen LogP contribution in [-0.2, 0) is 37.5 Å². The Hall–Kier alpha value is -4.29. The molecule has 0 aliphatic carbocycles. The zero-order valence-electron chi connectivity index (χ0n) is 19.0. The Kier molecular flexibility index (Phi) is 9.23. The fourth-order valence-corrected chi connectivity index (χ4v) is 2.93. The molecule has 0 fully saturated rings. The van der Waals surface area contributed by atoms with Crippen LogP contribution in [0.2, 0.25) is 0 Å². The van der Waals surface area contributed by atoms with Crippen LogP contribution < -0.4 is 21.5 Å². The van der Waals surface area contributed by atoms with Crippen molar-refractivity contribution in [2.45, 2.75) is 32.4 Å². The fourth-order valence-electron chi connectivity index (χ4n) is 2.93. The summed E-state index contributed by atoms with van der Waals surface area (Å²) >= 11 is 0. The number of carbonyl (C=O) groups excluding carboxylic acids is 5. The van der Waals surface area contributed by atoms with E-state index in [2.05, 4.69) is 20.9 Å². The normalized spacial score (nSPS) is 11.3. The standard InChI is InChI=1S/C21H26N6O7/c1-4-34-17(29)11-27-9-5-6-14(21(27)33)25-18(30)13(7-8-16(28)20(32)22-2)24-19(31)15-10-23-12-26(15)3/h5-6,9-10,12-13H,4,7-8,11H2,1-3H3,(H,22,32)(H,24,31)(H,25,30). The molecule has 2 heterocycles. The number of carbonyl (C=O) groups is 5. The summed E-state index contributed by atoms with van der Waals surface area (Å²) in [6.07, 6.45) is 3.52. The van der Waals surface area contributed by atoms with Gasteiger partial charge in [0.1, 0.15) is 24.0 Å². The fraction of sp³-hybridized carbons (Fsp3) is 0.381. The van der Waals surface area contributed by atoms with Gasteiger partial charge < -0.3 is 29.8 Å². The van der Waals surface area contributed by atoms with Crippen LogP contribution in [0.25, 0.3) is 0 Å². The van der Waals surface area contributed by atoms with E-state index in [4.69, 9.17) is 4.74 Å². The second-order valence-electron chi connectivity index (χ2n) is 7.11. The number of aromatic nitrogens is 3. The van der Waals surface area contributed by atoms with Gasteiger partial charge >= 0.3 is 5.97 Å². The summed E-state index contributed by atoms with van der Waals surface area (Å²) < 4.78 is 7.32. The molecular weight excluding hydrogens is 448 g/mol. The molecule has 1 unspecified atom stereocenters. The van der Waals surface area contributed by atoms with Crippen molar-refractivity contribution in [3.05, 3.63) is 46.9 Å². The molecule has 0 bridgehead atoms. The number of nitrogens with zero attached hydrogens (tertiary/aromatic N) is 3. The number of esters is 1. The van der Waals surface area contributed by atoms with E-state index >= 15 is 0 Å². The highest BCUT2D eigenvalue weighted by Gasteiger charge is 2.26. The molecular formula is C21H26N6O7. The lowest BCUT2D eigenvalue weighted by molar-refractivity contribution is -0.143. The van der Waals surface area contributed by atoms with Crippen molar-refractivity contribution in [3.8, 4) is 0 Å². The van der Waals surface area contributed by atoms with Crippen LogP contribution in [0.3, 0.4) is 0 Å². The van der Waals surface area contributed by atoms with Gasteiger partial charge in [-0.25, -0.2) is 4.98 Å². The summed E-state index contributed by atoms with van der Waals surface area (Å²) in [5, 5.41) is 7.11. The van der Waals surface area contributed by atoms with Crippen molar-refractivity contribution < 1.29 is 28.7 Å². The molecule has 34 heavy (non-hydrogen) atoms. The third kappa shape index (κ3) is 6.85. The number of hydrogen-bond acceptors (Lipinski definition) is 8. The molecule has 0 aliphatic rings. The van der Waals surface area contributed by atoms with Gasteiger partial charge in [0.25, 0.3) is 17.4 Å². The number of Topliss-reactive ketones (excluding diaryl/α,β-unsaturated/α-hetero) is 1. The number of anilines is 1. The molecule has 2 aromatic rings. The Bertz CT molecular complexity index is 1140. The van der Waals surface area contributed by atoms with Gasteiger partial charge in [0.05, 0.1) is 19.1 Å². The minimum atomic E-state index is -1.26. The summed E-state index contributed by atoms with van der Waals surface area (Å²) in [4.78, 5) is 77.2. The topological polar surface area (TPSA) is 170 Å². The lowest BCUT2D eigenvalue weighted by Gasteiger charge is -2.18. The third-order valence-electron chi connectivity index (χ3n) is 4.69. The van der Waals surface area contributed by atoms with Gasteiger partial charge in [-0.3, -0.25) is 28.8 Å². The third-order valence-corrected chi connectivity index (χ3v) is 4.69. The average Bonchev–Trinajstić information content (AvgIpc) is 3.24. The van der Waals surface area contributed by atoms with Crippen LogP contribution >= 0.6 is 0 Å². The van der Waals surface area contributed by atoms with Gasteiger partial charge in [0.2, 0.25) is 11.7 Å². The Morgan fingerprint density at radius 1 is 1.21 bits per heavy atom. The molecule has 2 rings (SSSR count). The van der Waals surface area contributed by atoms with Crippen molar-refractivity contribution in [3.63, 3.8) is 0 Å². The lowest BCUT2D eigenvalue weighted by atomic mass is 10.1. The molecule has 0 saturated heterocycles. The molecule has 0 spiro atoms. The zero-order valence-corrected chi connectivity index (χ0v) is 19.0. The van der Waals surface area contributed by atoms with Gasteiger partial charge in [-0.2, -0.15) is 0 Å². The minimum Gasteiger partial charge on any atom is -0.465 e. The number of hydrogen-bond donors (Lipinski definition) is 3. The van der Waals surface area contributed by atoms with Crippen LogP contribution in [0.4, 0.5) is 5.69 Å². The van der Waals surface area contributed by atoms with Crippen LogP contribution in [-0.4, -0.2) is 63.3 Å². The lowest BCUT2D eigenvalue weighted by Crippen LogP contribution is -2.45. The van der Waals surface area contributed by atoms with Crippen LogP contribution in [0.1, 0.15) is 30.3 Å². The predicted octanol–water partition coefficient (Wildman–Crippen LogP) is -1.02. The number of ketones is 1.